The molecule has 0 spiro atoms. The second kappa shape index (κ2) is 8.47. The van der Waals surface area contributed by atoms with Crippen LogP contribution >= 0.6 is 24.0 Å². The summed E-state index contributed by atoms with van der Waals surface area (Å²) in [6.45, 7) is 3.58. The van der Waals surface area contributed by atoms with E-state index < -0.39 is 5.54 Å². The van der Waals surface area contributed by atoms with E-state index in [2.05, 4.69) is 5.32 Å². The number of ether oxygens (including phenoxy) is 2. The normalized spacial score (nSPS) is 25.5. The lowest BCUT2D eigenvalue weighted by Gasteiger charge is -2.37. The average molecular weight is 389 g/mol. The van der Waals surface area contributed by atoms with Crippen molar-refractivity contribution in [3.8, 4) is 11.5 Å². The first kappa shape index (κ1) is 20.1. The van der Waals surface area contributed by atoms with Gasteiger partial charge in [0.15, 0.2) is 11.5 Å². The van der Waals surface area contributed by atoms with Gasteiger partial charge in [0.25, 0.3) is 0 Å². The molecule has 5 nitrogen and oxygen atoms in total. The van der Waals surface area contributed by atoms with Gasteiger partial charge in [-0.15, -0.1) is 12.4 Å². The van der Waals surface area contributed by atoms with Gasteiger partial charge < -0.3 is 20.5 Å². The van der Waals surface area contributed by atoms with Gasteiger partial charge in [-0.2, -0.15) is 0 Å². The molecule has 0 aromatic heterocycles. The van der Waals surface area contributed by atoms with Gasteiger partial charge in [0, 0.05) is 18.5 Å². The quantitative estimate of drug-likeness (QED) is 0.831. The van der Waals surface area contributed by atoms with E-state index in [1.165, 1.54) is 0 Å². The molecular formula is C18H26Cl2N2O3. The highest BCUT2D eigenvalue weighted by Crippen LogP contribution is 2.38. The molecule has 1 aliphatic carbocycles. The van der Waals surface area contributed by atoms with E-state index in [1.807, 2.05) is 19.1 Å². The second-order valence-electron chi connectivity index (χ2n) is 6.98. The Kier molecular flexibility index (Phi) is 6.83. The molecule has 2 aliphatic rings. The Balaban J connectivity index is 0.00000225. The summed E-state index contributed by atoms with van der Waals surface area (Å²) in [5.41, 5.74) is 6.78. The Morgan fingerprint density at radius 1 is 1.32 bits per heavy atom. The molecule has 1 aliphatic heterocycles. The zero-order valence-corrected chi connectivity index (χ0v) is 16.0. The number of fused-ring (bicyclic) bond motifs is 1. The first-order valence-electron chi connectivity index (χ1n) is 8.62. The number of halogens is 2. The van der Waals surface area contributed by atoms with E-state index in [9.17, 15) is 4.79 Å². The lowest BCUT2D eigenvalue weighted by molar-refractivity contribution is -0.128. The first-order chi connectivity index (χ1) is 11.5. The van der Waals surface area contributed by atoms with Crippen molar-refractivity contribution in [3.05, 3.63) is 22.7 Å². The Morgan fingerprint density at radius 3 is 2.84 bits per heavy atom. The maximum absolute atomic E-state index is 12.5. The number of nitrogens with two attached hydrogens (primary N) is 1. The standard InChI is InChI=1S/C18H25ClN2O3.ClH/c1-18(20)6-3-2-5-13(18)17(22)21-11-12-9-14(19)16-15(10-12)23-7-4-8-24-16;/h9-10,13H,2-8,11,20H2,1H3,(H,21,22);1H. The van der Waals surface area contributed by atoms with Crippen LogP contribution < -0.4 is 20.5 Å². The van der Waals surface area contributed by atoms with Crippen molar-refractivity contribution in [1.82, 2.24) is 5.32 Å². The molecular weight excluding hydrogens is 363 g/mol. The number of carbonyl (C=O) groups excluding carboxylic acids is 1. The molecule has 1 fully saturated rings. The van der Waals surface area contributed by atoms with E-state index in [0.29, 0.717) is 36.3 Å². The summed E-state index contributed by atoms with van der Waals surface area (Å²) in [4.78, 5) is 12.5. The van der Waals surface area contributed by atoms with Crippen molar-refractivity contribution in [2.75, 3.05) is 13.2 Å². The molecule has 0 radical (unpaired) electrons. The van der Waals surface area contributed by atoms with E-state index >= 15 is 0 Å². The lowest BCUT2D eigenvalue weighted by atomic mass is 9.74. The highest BCUT2D eigenvalue weighted by molar-refractivity contribution is 6.32. The maximum Gasteiger partial charge on any atom is 0.225 e. The van der Waals surface area contributed by atoms with E-state index in [4.69, 9.17) is 26.8 Å². The van der Waals surface area contributed by atoms with E-state index in [0.717, 1.165) is 37.7 Å². The maximum atomic E-state index is 12.5. The highest BCUT2D eigenvalue weighted by Gasteiger charge is 2.37. The fourth-order valence-corrected chi connectivity index (χ4v) is 3.78. The average Bonchev–Trinajstić information content (AvgIpc) is 2.78. The van der Waals surface area contributed by atoms with Crippen molar-refractivity contribution >= 4 is 29.9 Å². The largest absolute Gasteiger partial charge is 0.489 e. The molecule has 2 unspecified atom stereocenters. The summed E-state index contributed by atoms with van der Waals surface area (Å²) in [6.07, 6.45) is 4.71. The Morgan fingerprint density at radius 2 is 2.08 bits per heavy atom. The molecule has 3 rings (SSSR count). The van der Waals surface area contributed by atoms with Crippen LogP contribution in [0, 0.1) is 5.92 Å². The summed E-state index contributed by atoms with van der Waals surface area (Å²) >= 11 is 6.29. The fraction of sp³-hybridized carbons (Fsp3) is 0.611. The van der Waals surface area contributed by atoms with Crippen LogP contribution in [0.15, 0.2) is 12.1 Å². The van der Waals surface area contributed by atoms with Crippen LogP contribution in [0.4, 0.5) is 0 Å². The Labute approximate surface area is 160 Å². The number of rotatable bonds is 3. The number of hydrogen-bond donors (Lipinski definition) is 2. The first-order valence-corrected chi connectivity index (χ1v) is 9.00. The number of carbonyl (C=O) groups is 1. The van der Waals surface area contributed by atoms with Crippen molar-refractivity contribution in [1.29, 1.82) is 0 Å². The highest BCUT2D eigenvalue weighted by atomic mass is 35.5. The molecule has 1 heterocycles. The van der Waals surface area contributed by atoms with Gasteiger partial charge in [0.2, 0.25) is 5.91 Å². The topological polar surface area (TPSA) is 73.6 Å². The molecule has 0 bridgehead atoms. The van der Waals surface area contributed by atoms with Crippen molar-refractivity contribution < 1.29 is 14.3 Å². The summed E-state index contributed by atoms with van der Waals surface area (Å²) < 4.78 is 11.3. The summed E-state index contributed by atoms with van der Waals surface area (Å²) in [7, 11) is 0. The minimum Gasteiger partial charge on any atom is -0.489 e. The number of hydrogen-bond acceptors (Lipinski definition) is 4. The SMILES string of the molecule is CC1(N)CCCCC1C(=O)NCc1cc(Cl)c2c(c1)OCCCO2.Cl. The van der Waals surface area contributed by atoms with Crippen molar-refractivity contribution in [2.24, 2.45) is 11.7 Å². The van der Waals surface area contributed by atoms with E-state index in [1.54, 1.807) is 0 Å². The monoisotopic (exact) mass is 388 g/mol. The van der Waals surface area contributed by atoms with Gasteiger partial charge in [0.05, 0.1) is 24.2 Å². The van der Waals surface area contributed by atoms with E-state index in [-0.39, 0.29) is 24.2 Å². The molecule has 7 heteroatoms. The van der Waals surface area contributed by atoms with Crippen LogP contribution in [0.3, 0.4) is 0 Å². The lowest BCUT2D eigenvalue weighted by Crippen LogP contribution is -2.52. The number of amides is 1. The van der Waals surface area contributed by atoms with Gasteiger partial charge >= 0.3 is 0 Å². The fourth-order valence-electron chi connectivity index (χ4n) is 3.49. The van der Waals surface area contributed by atoms with Gasteiger partial charge in [-0.05, 0) is 37.5 Å². The van der Waals surface area contributed by atoms with Gasteiger partial charge in [0.1, 0.15) is 0 Å². The Bertz CT molecular complexity index is 623. The van der Waals surface area contributed by atoms with Crippen LogP contribution in [0.25, 0.3) is 0 Å². The third kappa shape index (κ3) is 4.72. The molecule has 1 saturated carbocycles. The molecule has 140 valence electrons. The van der Waals surface area contributed by atoms with Gasteiger partial charge in [-0.3, -0.25) is 4.79 Å². The van der Waals surface area contributed by atoms with Gasteiger partial charge in [-0.25, -0.2) is 0 Å². The second-order valence-corrected chi connectivity index (χ2v) is 7.38. The molecule has 0 saturated heterocycles. The summed E-state index contributed by atoms with van der Waals surface area (Å²) in [6, 6.07) is 3.70. The molecule has 1 aromatic rings. The number of benzene rings is 1. The van der Waals surface area contributed by atoms with Gasteiger partial charge in [-0.1, -0.05) is 24.4 Å². The van der Waals surface area contributed by atoms with Crippen LogP contribution in [-0.2, 0) is 11.3 Å². The summed E-state index contributed by atoms with van der Waals surface area (Å²) in [5.74, 6) is 1.11. The predicted molar refractivity (Wildman–Crippen MR) is 101 cm³/mol. The van der Waals surface area contributed by atoms with Crippen LogP contribution in [0.5, 0.6) is 11.5 Å². The molecule has 25 heavy (non-hydrogen) atoms. The molecule has 1 aromatic carbocycles. The molecule has 2 atom stereocenters. The zero-order chi connectivity index (χ0) is 17.2. The minimum absolute atomic E-state index is 0. The third-order valence-corrected chi connectivity index (χ3v) is 5.18. The minimum atomic E-state index is -0.426. The van der Waals surface area contributed by atoms with Crippen LogP contribution in [-0.4, -0.2) is 24.7 Å². The smallest absolute Gasteiger partial charge is 0.225 e. The van der Waals surface area contributed by atoms with Crippen LogP contribution in [0.1, 0.15) is 44.6 Å². The Hall–Kier alpha value is -1.17. The third-order valence-electron chi connectivity index (χ3n) is 4.90. The predicted octanol–water partition coefficient (Wildman–Crippen LogP) is 3.45. The molecule has 3 N–H and O–H groups in total. The summed E-state index contributed by atoms with van der Waals surface area (Å²) in [5, 5.41) is 3.51. The van der Waals surface area contributed by atoms with Crippen molar-refractivity contribution in [3.63, 3.8) is 0 Å². The van der Waals surface area contributed by atoms with Crippen LogP contribution in [0.2, 0.25) is 5.02 Å². The van der Waals surface area contributed by atoms with Crippen molar-refractivity contribution in [2.45, 2.75) is 51.1 Å². The zero-order valence-electron chi connectivity index (χ0n) is 14.5. The number of nitrogens with one attached hydrogen (secondary N) is 1. The molecule has 1 amide bonds.